The van der Waals surface area contributed by atoms with Crippen molar-refractivity contribution in [3.8, 4) is 11.4 Å². The minimum atomic E-state index is -0.511. The molecule has 0 saturated heterocycles. The highest BCUT2D eigenvalue weighted by molar-refractivity contribution is 5.92. The number of H-pyrrole nitrogens is 1. The van der Waals surface area contributed by atoms with E-state index in [0.717, 1.165) is 33.5 Å². The Hall–Kier alpha value is -4.65. The Bertz CT molecular complexity index is 1570. The number of para-hydroxylation sites is 2. The zero-order valence-electron chi connectivity index (χ0n) is 20.1. The Balaban J connectivity index is 1.47. The molecule has 0 bridgehead atoms. The largest absolute Gasteiger partial charge is 0.497 e. The van der Waals surface area contributed by atoms with Gasteiger partial charge in [0.15, 0.2) is 5.69 Å². The first-order chi connectivity index (χ1) is 17.5. The van der Waals surface area contributed by atoms with E-state index in [1.807, 2.05) is 79.0 Å². The van der Waals surface area contributed by atoms with E-state index < -0.39 is 11.3 Å². The number of carbonyl (C=O) groups is 1. The lowest BCUT2D eigenvalue weighted by Crippen LogP contribution is -2.34. The molecule has 1 atom stereocenters. The van der Waals surface area contributed by atoms with Gasteiger partial charge in [-0.05, 0) is 48.4 Å². The summed E-state index contributed by atoms with van der Waals surface area (Å²) in [7, 11) is 1.63. The molecule has 2 N–H and O–H groups in total. The Morgan fingerprint density at radius 3 is 2.50 bits per heavy atom. The van der Waals surface area contributed by atoms with Gasteiger partial charge in [-0.3, -0.25) is 9.59 Å². The first-order valence-corrected chi connectivity index (χ1v) is 11.7. The second-order valence-electron chi connectivity index (χ2n) is 8.57. The van der Waals surface area contributed by atoms with E-state index in [1.165, 1.54) is 6.07 Å². The molecule has 0 spiro atoms. The number of nitrogens with zero attached hydrogens (tertiary/aromatic N) is 2. The van der Waals surface area contributed by atoms with Crippen molar-refractivity contribution in [2.24, 2.45) is 0 Å². The number of hydrogen-bond acceptors (Lipinski definition) is 4. The third kappa shape index (κ3) is 4.51. The molecule has 1 unspecified atom stereocenters. The molecule has 5 aromatic rings. The molecule has 0 saturated carbocycles. The number of ether oxygens (including phenoxy) is 1. The van der Waals surface area contributed by atoms with Crippen LogP contribution < -0.4 is 15.5 Å². The molecular formula is C29H26N4O3. The monoisotopic (exact) mass is 478 g/mol. The summed E-state index contributed by atoms with van der Waals surface area (Å²) in [6.45, 7) is 2.08. The molecule has 1 amide bonds. The van der Waals surface area contributed by atoms with Crippen LogP contribution in [0.1, 0.15) is 33.2 Å². The topological polar surface area (TPSA) is 89.0 Å². The highest BCUT2D eigenvalue weighted by atomic mass is 16.5. The first-order valence-electron chi connectivity index (χ1n) is 11.7. The fourth-order valence-electron chi connectivity index (χ4n) is 4.44. The zero-order valence-corrected chi connectivity index (χ0v) is 20.1. The van der Waals surface area contributed by atoms with Gasteiger partial charge in [0.25, 0.3) is 5.91 Å². The van der Waals surface area contributed by atoms with Gasteiger partial charge in [-0.15, -0.1) is 0 Å². The molecule has 5 rings (SSSR count). The second-order valence-corrected chi connectivity index (χ2v) is 8.57. The maximum absolute atomic E-state index is 13.2. The fourth-order valence-corrected chi connectivity index (χ4v) is 4.44. The van der Waals surface area contributed by atoms with Crippen LogP contribution in [0.5, 0.6) is 5.75 Å². The molecule has 180 valence electrons. The lowest BCUT2D eigenvalue weighted by atomic mass is 9.90. The summed E-state index contributed by atoms with van der Waals surface area (Å²) in [6.07, 6.45) is 1.97. The van der Waals surface area contributed by atoms with E-state index in [0.29, 0.717) is 5.69 Å². The number of fused-ring (bicyclic) bond motifs is 1. The quantitative estimate of drug-likeness (QED) is 0.358. The van der Waals surface area contributed by atoms with Crippen molar-refractivity contribution in [2.75, 3.05) is 13.7 Å². The zero-order chi connectivity index (χ0) is 25.1. The number of aromatic nitrogens is 3. The second kappa shape index (κ2) is 9.92. The van der Waals surface area contributed by atoms with Crippen LogP contribution in [0.25, 0.3) is 16.6 Å². The Kier molecular flexibility index (Phi) is 6.36. The molecule has 0 radical (unpaired) electrons. The van der Waals surface area contributed by atoms with Crippen molar-refractivity contribution >= 4 is 16.8 Å². The number of aryl methyl sites for hydroxylation is 1. The molecule has 0 aliphatic rings. The first kappa shape index (κ1) is 23.1. The van der Waals surface area contributed by atoms with Crippen LogP contribution in [-0.2, 0) is 0 Å². The average molecular weight is 479 g/mol. The summed E-state index contributed by atoms with van der Waals surface area (Å²) in [4.78, 5) is 29.2. The smallest absolute Gasteiger partial charge is 0.275 e. The highest BCUT2D eigenvalue weighted by Gasteiger charge is 2.21. The van der Waals surface area contributed by atoms with E-state index in [2.05, 4.69) is 21.5 Å². The van der Waals surface area contributed by atoms with Crippen LogP contribution in [-0.4, -0.2) is 34.3 Å². The third-order valence-corrected chi connectivity index (χ3v) is 6.30. The molecule has 2 aromatic heterocycles. The van der Waals surface area contributed by atoms with Gasteiger partial charge in [0.05, 0.1) is 12.8 Å². The number of aromatic amines is 1. The minimum Gasteiger partial charge on any atom is -0.497 e. The highest BCUT2D eigenvalue weighted by Crippen LogP contribution is 2.31. The lowest BCUT2D eigenvalue weighted by Gasteiger charge is -2.19. The number of amides is 1. The lowest BCUT2D eigenvalue weighted by molar-refractivity contribution is 0.0944. The Labute approximate surface area is 208 Å². The molecule has 0 aliphatic heterocycles. The van der Waals surface area contributed by atoms with Gasteiger partial charge in [0.1, 0.15) is 5.75 Å². The van der Waals surface area contributed by atoms with Crippen LogP contribution in [0.4, 0.5) is 0 Å². The van der Waals surface area contributed by atoms with Gasteiger partial charge in [-0.1, -0.05) is 48.5 Å². The van der Waals surface area contributed by atoms with E-state index in [9.17, 15) is 9.59 Å². The van der Waals surface area contributed by atoms with Gasteiger partial charge >= 0.3 is 0 Å². The Morgan fingerprint density at radius 2 is 1.75 bits per heavy atom. The van der Waals surface area contributed by atoms with E-state index in [-0.39, 0.29) is 18.2 Å². The molecular weight excluding hydrogens is 452 g/mol. The molecule has 7 heteroatoms. The van der Waals surface area contributed by atoms with Crippen LogP contribution in [0.15, 0.2) is 95.9 Å². The third-order valence-electron chi connectivity index (χ3n) is 6.30. The van der Waals surface area contributed by atoms with Gasteiger partial charge in [-0.2, -0.15) is 5.10 Å². The molecule has 0 aliphatic carbocycles. The number of benzene rings is 3. The summed E-state index contributed by atoms with van der Waals surface area (Å²) in [5, 5.41) is 8.43. The summed E-state index contributed by atoms with van der Waals surface area (Å²) in [5.41, 5.74) is 3.95. The van der Waals surface area contributed by atoms with Crippen molar-refractivity contribution in [3.63, 3.8) is 0 Å². The van der Waals surface area contributed by atoms with Crippen LogP contribution in [0, 0.1) is 6.92 Å². The number of methoxy groups -OCH3 is 1. The normalized spacial score (nSPS) is 11.8. The van der Waals surface area contributed by atoms with E-state index >= 15 is 0 Å². The Morgan fingerprint density at radius 1 is 1.03 bits per heavy atom. The predicted molar refractivity (Wildman–Crippen MR) is 140 cm³/mol. The summed E-state index contributed by atoms with van der Waals surface area (Å²) < 4.78 is 6.92. The molecule has 7 nitrogen and oxygen atoms in total. The van der Waals surface area contributed by atoms with E-state index in [4.69, 9.17) is 4.74 Å². The number of carbonyl (C=O) groups excluding carboxylic acids is 1. The maximum atomic E-state index is 13.2. The SMILES string of the molecule is COc1ccc(C(CNC(=O)c2nn(-c3ccccc3)c(C)cc2=O)c2c[nH]c3ccccc23)cc1. The van der Waals surface area contributed by atoms with Crippen molar-refractivity contribution < 1.29 is 9.53 Å². The van der Waals surface area contributed by atoms with Crippen LogP contribution in [0.2, 0.25) is 0 Å². The molecule has 36 heavy (non-hydrogen) atoms. The maximum Gasteiger partial charge on any atom is 0.275 e. The summed E-state index contributed by atoms with van der Waals surface area (Å²) >= 11 is 0. The standard InChI is InChI=1S/C29H26N4O3/c1-19-16-27(34)28(32-33(19)21-8-4-3-5-9-21)29(35)31-17-24(20-12-14-22(36-2)15-13-20)25-18-30-26-11-7-6-10-23(25)26/h3-16,18,24,30H,17H2,1-2H3,(H,31,35). The van der Waals surface area contributed by atoms with Crippen molar-refractivity contribution in [1.29, 1.82) is 0 Å². The van der Waals surface area contributed by atoms with Gasteiger partial charge in [-0.25, -0.2) is 4.68 Å². The fraction of sp³-hybridized carbons (Fsp3) is 0.138. The minimum absolute atomic E-state index is 0.142. The number of hydrogen-bond donors (Lipinski definition) is 2. The average Bonchev–Trinajstić information content (AvgIpc) is 3.33. The van der Waals surface area contributed by atoms with E-state index in [1.54, 1.807) is 18.7 Å². The van der Waals surface area contributed by atoms with Gasteiger partial charge in [0, 0.05) is 41.3 Å². The molecule has 0 fully saturated rings. The van der Waals surface area contributed by atoms with Crippen molar-refractivity contribution in [3.05, 3.63) is 124 Å². The van der Waals surface area contributed by atoms with Crippen molar-refractivity contribution in [2.45, 2.75) is 12.8 Å². The van der Waals surface area contributed by atoms with Gasteiger partial charge in [0.2, 0.25) is 5.43 Å². The van der Waals surface area contributed by atoms with Crippen LogP contribution >= 0.6 is 0 Å². The van der Waals surface area contributed by atoms with Crippen LogP contribution in [0.3, 0.4) is 0 Å². The number of nitrogens with one attached hydrogen (secondary N) is 2. The van der Waals surface area contributed by atoms with Crippen molar-refractivity contribution in [1.82, 2.24) is 20.1 Å². The molecule has 3 aromatic carbocycles. The summed E-state index contributed by atoms with van der Waals surface area (Å²) in [6, 6.07) is 26.7. The van der Waals surface area contributed by atoms with Gasteiger partial charge < -0.3 is 15.0 Å². The summed E-state index contributed by atoms with van der Waals surface area (Å²) in [5.74, 6) is 0.0895. The molecule has 2 heterocycles. The number of rotatable bonds is 7. The predicted octanol–water partition coefficient (Wildman–Crippen LogP) is 4.59.